The van der Waals surface area contributed by atoms with Crippen LogP contribution in [0.4, 0.5) is 9.18 Å². The lowest BCUT2D eigenvalue weighted by molar-refractivity contribution is 0.0603. The summed E-state index contributed by atoms with van der Waals surface area (Å²) in [6, 6.07) is 4.40. The Morgan fingerprint density at radius 3 is 2.59 bits per heavy atom. The summed E-state index contributed by atoms with van der Waals surface area (Å²) in [6.45, 7) is 6.40. The van der Waals surface area contributed by atoms with Gasteiger partial charge in [-0.3, -0.25) is 0 Å². The molecule has 1 rings (SSSR count). The molecule has 0 saturated heterocycles. The monoisotopic (exact) mass is 306 g/mol. The van der Waals surface area contributed by atoms with Crippen molar-refractivity contribution in [3.8, 4) is 6.07 Å². The predicted molar refractivity (Wildman–Crippen MR) is 80.3 cm³/mol. The minimum Gasteiger partial charge on any atom is -0.442 e. The number of hydrogen-bond acceptors (Lipinski definition) is 4. The van der Waals surface area contributed by atoms with Gasteiger partial charge in [0, 0.05) is 6.42 Å². The molecule has 1 N–H and O–H groups in total. The van der Waals surface area contributed by atoms with Crippen LogP contribution in [0.25, 0.3) is 0 Å². The van der Waals surface area contributed by atoms with Gasteiger partial charge in [0.1, 0.15) is 17.5 Å². The van der Waals surface area contributed by atoms with Gasteiger partial charge in [-0.25, -0.2) is 9.18 Å². The number of ether oxygens (including phenoxy) is 1. The molecule has 0 bridgehead atoms. The first kappa shape index (κ1) is 17.8. The first-order valence-electron chi connectivity index (χ1n) is 6.75. The van der Waals surface area contributed by atoms with E-state index in [1.807, 2.05) is 0 Å². The van der Waals surface area contributed by atoms with E-state index < -0.39 is 24.1 Å². The highest BCUT2D eigenvalue weighted by molar-refractivity contribution is 5.95. The van der Waals surface area contributed by atoms with Crippen LogP contribution in [0.15, 0.2) is 17.1 Å². The second-order valence-corrected chi connectivity index (χ2v) is 5.86. The summed E-state index contributed by atoms with van der Waals surface area (Å²) < 4.78 is 18.7. The predicted octanol–water partition coefficient (Wildman–Crippen LogP) is 2.92. The molecular weight excluding hydrogens is 287 g/mol. The molecule has 22 heavy (non-hydrogen) atoms. The fourth-order valence-electron chi connectivity index (χ4n) is 1.76. The van der Waals surface area contributed by atoms with E-state index in [1.54, 1.807) is 33.8 Å². The molecule has 6 heteroatoms. The number of halogens is 1. The lowest BCUT2D eigenvalue weighted by atomic mass is 10.0. The van der Waals surface area contributed by atoms with Crippen LogP contribution in [0.1, 0.15) is 37.5 Å². The summed E-state index contributed by atoms with van der Waals surface area (Å²) in [5, 5.41) is 18.1. The largest absolute Gasteiger partial charge is 0.442 e. The normalized spacial score (nSPS) is 12.0. The van der Waals surface area contributed by atoms with Crippen molar-refractivity contribution in [1.82, 2.24) is 0 Å². The summed E-state index contributed by atoms with van der Waals surface area (Å²) in [4.78, 5) is 15.3. The highest BCUT2D eigenvalue weighted by atomic mass is 19.1. The molecule has 1 aromatic rings. The first-order chi connectivity index (χ1) is 10.2. The molecule has 0 aliphatic carbocycles. The fraction of sp³-hybridized carbons (Fsp3) is 0.438. The Labute approximate surface area is 129 Å². The molecule has 5 nitrogen and oxygen atoms in total. The van der Waals surface area contributed by atoms with Crippen molar-refractivity contribution < 1.29 is 19.0 Å². The van der Waals surface area contributed by atoms with Crippen molar-refractivity contribution >= 4 is 11.8 Å². The average Bonchev–Trinajstić information content (AvgIpc) is 2.39. The van der Waals surface area contributed by atoms with Gasteiger partial charge >= 0.3 is 6.09 Å². The summed E-state index contributed by atoms with van der Waals surface area (Å²) >= 11 is 0. The first-order valence-corrected chi connectivity index (χ1v) is 6.75. The van der Waals surface area contributed by atoms with Crippen molar-refractivity contribution in [2.45, 2.75) is 39.7 Å². The van der Waals surface area contributed by atoms with Crippen molar-refractivity contribution in [2.24, 2.45) is 4.99 Å². The molecule has 1 aromatic carbocycles. The van der Waals surface area contributed by atoms with Gasteiger partial charge in [0.05, 0.1) is 17.9 Å². The third-order valence-corrected chi connectivity index (χ3v) is 2.77. The van der Waals surface area contributed by atoms with Gasteiger partial charge in [-0.1, -0.05) is 0 Å². The molecule has 1 amide bonds. The zero-order chi connectivity index (χ0) is 16.9. The van der Waals surface area contributed by atoms with Crippen LogP contribution in [0.3, 0.4) is 0 Å². The van der Waals surface area contributed by atoms with Crippen molar-refractivity contribution in [1.29, 1.82) is 5.26 Å². The summed E-state index contributed by atoms with van der Waals surface area (Å²) in [5.74, 6) is -0.641. The van der Waals surface area contributed by atoms with Crippen LogP contribution < -0.4 is 0 Å². The standard InChI is InChI=1S/C16H19FN2O3/c1-10-5-12(8-18)14(17)7-11(10)6-13(9-20)19-15(21)22-16(2,3)4/h5,7,20H,6,9H2,1-4H3. The molecule has 0 fully saturated rings. The van der Waals surface area contributed by atoms with Gasteiger partial charge in [0.2, 0.25) is 0 Å². The maximum atomic E-state index is 13.7. The number of aliphatic imine (C=N–C) groups is 1. The topological polar surface area (TPSA) is 82.7 Å². The molecular formula is C16H19FN2O3. The summed E-state index contributed by atoms with van der Waals surface area (Å²) in [5.41, 5.74) is 0.672. The van der Waals surface area contributed by atoms with E-state index in [4.69, 9.17) is 10.00 Å². The quantitative estimate of drug-likeness (QED) is 0.870. The van der Waals surface area contributed by atoms with Crippen LogP contribution in [0, 0.1) is 24.1 Å². The van der Waals surface area contributed by atoms with Gasteiger partial charge in [-0.2, -0.15) is 10.3 Å². The molecule has 0 spiro atoms. The molecule has 118 valence electrons. The van der Waals surface area contributed by atoms with Gasteiger partial charge in [0.25, 0.3) is 0 Å². The second-order valence-electron chi connectivity index (χ2n) is 5.86. The van der Waals surface area contributed by atoms with Gasteiger partial charge < -0.3 is 9.84 Å². The Balaban J connectivity index is 2.98. The Morgan fingerprint density at radius 1 is 1.45 bits per heavy atom. The Hall–Kier alpha value is -2.26. The van der Waals surface area contributed by atoms with E-state index in [9.17, 15) is 14.3 Å². The van der Waals surface area contributed by atoms with Crippen LogP contribution in [-0.2, 0) is 11.2 Å². The van der Waals surface area contributed by atoms with Crippen molar-refractivity contribution in [2.75, 3.05) is 6.61 Å². The average molecular weight is 306 g/mol. The molecule has 0 aliphatic rings. The van der Waals surface area contributed by atoms with Crippen LogP contribution in [-0.4, -0.2) is 29.1 Å². The minimum atomic E-state index is -0.802. The number of rotatable bonds is 3. The summed E-state index contributed by atoms with van der Waals surface area (Å²) in [7, 11) is 0. The van der Waals surface area contributed by atoms with E-state index in [1.165, 1.54) is 12.1 Å². The lowest BCUT2D eigenvalue weighted by Crippen LogP contribution is -2.23. The number of carbonyl (C=O) groups is 1. The maximum Gasteiger partial charge on any atom is 0.434 e. The maximum absolute atomic E-state index is 13.7. The third-order valence-electron chi connectivity index (χ3n) is 2.77. The molecule has 0 aromatic heterocycles. The van der Waals surface area contributed by atoms with Crippen LogP contribution >= 0.6 is 0 Å². The second kappa shape index (κ2) is 7.14. The van der Waals surface area contributed by atoms with E-state index in [0.29, 0.717) is 11.1 Å². The number of aliphatic hydroxyl groups is 1. The molecule has 0 atom stereocenters. The van der Waals surface area contributed by atoms with Gasteiger partial charge in [-0.05, 0) is 51.0 Å². The zero-order valence-electron chi connectivity index (χ0n) is 13.1. The Morgan fingerprint density at radius 2 is 2.09 bits per heavy atom. The lowest BCUT2D eigenvalue weighted by Gasteiger charge is -2.17. The molecule has 0 saturated carbocycles. The Kier molecular flexibility index (Phi) is 5.77. The number of nitriles is 1. The van der Waals surface area contributed by atoms with Crippen LogP contribution in [0.5, 0.6) is 0 Å². The molecule has 0 aliphatic heterocycles. The van der Waals surface area contributed by atoms with Crippen LogP contribution in [0.2, 0.25) is 0 Å². The van der Waals surface area contributed by atoms with Crippen molar-refractivity contribution in [3.05, 3.63) is 34.6 Å². The molecule has 0 unspecified atom stereocenters. The number of hydrogen-bond donors (Lipinski definition) is 1. The van der Waals surface area contributed by atoms with E-state index >= 15 is 0 Å². The number of benzene rings is 1. The number of amides is 1. The number of carbonyl (C=O) groups excluding carboxylic acids is 1. The summed E-state index contributed by atoms with van der Waals surface area (Å²) in [6.07, 6.45) is -0.701. The zero-order valence-corrected chi connectivity index (χ0v) is 13.1. The third kappa shape index (κ3) is 5.26. The molecule has 0 radical (unpaired) electrons. The van der Waals surface area contributed by atoms with E-state index in [0.717, 1.165) is 0 Å². The highest BCUT2D eigenvalue weighted by Gasteiger charge is 2.17. The van der Waals surface area contributed by atoms with Gasteiger partial charge in [0.15, 0.2) is 0 Å². The number of aryl methyl sites for hydroxylation is 1. The molecule has 0 heterocycles. The highest BCUT2D eigenvalue weighted by Crippen LogP contribution is 2.16. The number of aliphatic hydroxyl groups excluding tert-OH is 1. The Bertz CT molecular complexity index is 640. The van der Waals surface area contributed by atoms with E-state index in [-0.39, 0.29) is 17.7 Å². The van der Waals surface area contributed by atoms with Crippen molar-refractivity contribution in [3.63, 3.8) is 0 Å². The SMILES string of the molecule is Cc1cc(C#N)c(F)cc1CC(CO)=NC(=O)OC(C)(C)C. The fourth-order valence-corrected chi connectivity index (χ4v) is 1.76. The smallest absolute Gasteiger partial charge is 0.434 e. The number of nitrogens with zero attached hydrogens (tertiary/aromatic N) is 2. The van der Waals surface area contributed by atoms with E-state index in [2.05, 4.69) is 4.99 Å². The minimum absolute atomic E-state index is 0.0455. The van der Waals surface area contributed by atoms with Gasteiger partial charge in [-0.15, -0.1) is 0 Å².